The molecule has 1 aromatic heterocycles. The average Bonchev–Trinajstić information content (AvgIpc) is 2.61. The van der Waals surface area contributed by atoms with Gasteiger partial charge < -0.3 is 16.4 Å². The summed E-state index contributed by atoms with van der Waals surface area (Å²) in [5.41, 5.74) is 9.96. The number of carbonyl (C=O) groups is 2. The van der Waals surface area contributed by atoms with Gasteiger partial charge in [-0.15, -0.1) is 11.8 Å². The molecule has 0 saturated heterocycles. The Morgan fingerprint density at radius 1 is 1.00 bits per heavy atom. The van der Waals surface area contributed by atoms with Crippen LogP contribution in [0.1, 0.15) is 34.3 Å². The lowest BCUT2D eigenvalue weighted by molar-refractivity contribution is -0.121. The van der Waals surface area contributed by atoms with Crippen LogP contribution < -0.4 is 16.4 Å². The second-order valence-electron chi connectivity index (χ2n) is 6.49. The first-order valence-corrected chi connectivity index (χ1v) is 9.86. The molecule has 8 heteroatoms. The standard InChI is InChI=1S/C19H23N5O2S/c1-11-8-12(2)14-9-13(11)15-10-17(24-19(20)23-15)27-7-6-21-16(25)4-3-5-22-18(14)26/h8-10H,3-7H2,1-2H3,(H,21,25)(H,22,26)(H2,20,23,24). The van der Waals surface area contributed by atoms with Crippen molar-refractivity contribution in [2.45, 2.75) is 31.7 Å². The van der Waals surface area contributed by atoms with Crippen LogP contribution in [0.3, 0.4) is 0 Å². The third-order valence-corrected chi connectivity index (χ3v) is 5.27. The van der Waals surface area contributed by atoms with Crippen molar-refractivity contribution < 1.29 is 9.59 Å². The molecular formula is C19H23N5O2S. The molecule has 4 N–H and O–H groups in total. The molecule has 142 valence electrons. The normalized spacial score (nSPS) is 15.8. The summed E-state index contributed by atoms with van der Waals surface area (Å²) in [5, 5.41) is 6.51. The Morgan fingerprint density at radius 2 is 1.78 bits per heavy atom. The number of nitrogens with two attached hydrogens (primary N) is 1. The number of nitrogens with one attached hydrogen (secondary N) is 2. The number of hydrogen-bond acceptors (Lipinski definition) is 6. The zero-order chi connectivity index (χ0) is 19.4. The second-order valence-corrected chi connectivity index (χ2v) is 7.60. The molecule has 1 aliphatic rings. The van der Waals surface area contributed by atoms with Crippen LogP contribution in [0.4, 0.5) is 5.95 Å². The molecular weight excluding hydrogens is 362 g/mol. The molecule has 0 atom stereocenters. The summed E-state index contributed by atoms with van der Waals surface area (Å²) in [6, 6.07) is 5.70. The molecule has 1 aromatic carbocycles. The summed E-state index contributed by atoms with van der Waals surface area (Å²) in [5.74, 6) is 0.703. The molecule has 0 unspecified atom stereocenters. The fourth-order valence-corrected chi connectivity index (χ4v) is 3.77. The fourth-order valence-electron chi connectivity index (χ4n) is 3.01. The van der Waals surface area contributed by atoms with Gasteiger partial charge >= 0.3 is 0 Å². The molecule has 0 saturated carbocycles. The highest BCUT2D eigenvalue weighted by molar-refractivity contribution is 7.99. The average molecular weight is 385 g/mol. The Morgan fingerprint density at radius 3 is 2.59 bits per heavy atom. The van der Waals surface area contributed by atoms with Gasteiger partial charge in [0, 0.05) is 36.4 Å². The largest absolute Gasteiger partial charge is 0.368 e. The molecule has 0 aliphatic carbocycles. The first kappa shape index (κ1) is 19.2. The molecule has 0 spiro atoms. The Kier molecular flexibility index (Phi) is 5.95. The zero-order valence-electron chi connectivity index (χ0n) is 15.5. The van der Waals surface area contributed by atoms with Gasteiger partial charge in [-0.3, -0.25) is 9.59 Å². The lowest BCUT2D eigenvalue weighted by Crippen LogP contribution is -2.29. The molecule has 27 heavy (non-hydrogen) atoms. The second kappa shape index (κ2) is 8.39. The van der Waals surface area contributed by atoms with E-state index in [1.54, 1.807) is 0 Å². The minimum absolute atomic E-state index is 0.0198. The van der Waals surface area contributed by atoms with Crippen molar-refractivity contribution >= 4 is 29.5 Å². The fraction of sp³-hybridized carbons (Fsp3) is 0.368. The van der Waals surface area contributed by atoms with Gasteiger partial charge in [0.15, 0.2) is 0 Å². The van der Waals surface area contributed by atoms with Gasteiger partial charge in [0.25, 0.3) is 5.91 Å². The first-order chi connectivity index (χ1) is 12.9. The smallest absolute Gasteiger partial charge is 0.251 e. The molecule has 2 aromatic rings. The van der Waals surface area contributed by atoms with E-state index in [1.807, 2.05) is 32.0 Å². The van der Waals surface area contributed by atoms with E-state index in [0.29, 0.717) is 42.9 Å². The highest BCUT2D eigenvalue weighted by Crippen LogP contribution is 2.28. The van der Waals surface area contributed by atoms with E-state index in [9.17, 15) is 9.59 Å². The number of aryl methyl sites for hydroxylation is 2. The maximum atomic E-state index is 12.6. The van der Waals surface area contributed by atoms with Crippen molar-refractivity contribution in [3.05, 3.63) is 34.9 Å². The number of hydrogen-bond donors (Lipinski definition) is 3. The maximum Gasteiger partial charge on any atom is 0.251 e. The summed E-state index contributed by atoms with van der Waals surface area (Å²) < 4.78 is 0. The van der Waals surface area contributed by atoms with Crippen molar-refractivity contribution in [2.24, 2.45) is 0 Å². The lowest BCUT2D eigenvalue weighted by Gasteiger charge is -2.14. The van der Waals surface area contributed by atoms with E-state index >= 15 is 0 Å². The van der Waals surface area contributed by atoms with Gasteiger partial charge in [0.05, 0.1) is 5.69 Å². The number of nitrogens with zero attached hydrogens (tertiary/aromatic N) is 2. The summed E-state index contributed by atoms with van der Waals surface area (Å²) >= 11 is 1.51. The number of benzene rings is 1. The zero-order valence-corrected chi connectivity index (χ0v) is 16.3. The summed E-state index contributed by atoms with van der Waals surface area (Å²) in [6.07, 6.45) is 0.981. The van der Waals surface area contributed by atoms with E-state index in [2.05, 4.69) is 20.6 Å². The van der Waals surface area contributed by atoms with Crippen molar-refractivity contribution in [3.63, 3.8) is 0 Å². The van der Waals surface area contributed by atoms with Gasteiger partial charge in [0.1, 0.15) is 5.03 Å². The van der Waals surface area contributed by atoms with Crippen molar-refractivity contribution in [1.82, 2.24) is 20.6 Å². The van der Waals surface area contributed by atoms with Gasteiger partial charge in [-0.1, -0.05) is 6.07 Å². The van der Waals surface area contributed by atoms with Crippen molar-refractivity contribution in [1.29, 1.82) is 0 Å². The lowest BCUT2D eigenvalue weighted by atomic mass is 9.97. The summed E-state index contributed by atoms with van der Waals surface area (Å²) in [6.45, 7) is 4.90. The number of nitrogen functional groups attached to an aromatic ring is 1. The Labute approximate surface area is 162 Å². The Hall–Kier alpha value is -2.61. The van der Waals surface area contributed by atoms with E-state index in [-0.39, 0.29) is 17.8 Å². The number of thioether (sulfide) groups is 1. The quantitative estimate of drug-likeness (QED) is 0.599. The van der Waals surface area contributed by atoms with Crippen LogP contribution in [0.2, 0.25) is 0 Å². The number of fused-ring (bicyclic) bond motifs is 5. The predicted molar refractivity (Wildman–Crippen MR) is 107 cm³/mol. The number of amides is 2. The monoisotopic (exact) mass is 385 g/mol. The topological polar surface area (TPSA) is 110 Å². The maximum absolute atomic E-state index is 12.6. The van der Waals surface area contributed by atoms with Crippen LogP contribution in [0.15, 0.2) is 23.2 Å². The molecule has 7 nitrogen and oxygen atoms in total. The van der Waals surface area contributed by atoms with Gasteiger partial charge in [-0.05, 0) is 43.5 Å². The van der Waals surface area contributed by atoms with Crippen molar-refractivity contribution in [3.8, 4) is 11.3 Å². The number of carbonyl (C=O) groups excluding carboxylic acids is 2. The summed E-state index contributed by atoms with van der Waals surface area (Å²) in [7, 11) is 0. The van der Waals surface area contributed by atoms with Crippen LogP contribution in [-0.2, 0) is 4.79 Å². The van der Waals surface area contributed by atoms with Crippen molar-refractivity contribution in [2.75, 3.05) is 24.6 Å². The van der Waals surface area contributed by atoms with Gasteiger partial charge in [-0.25, -0.2) is 9.97 Å². The third-order valence-electron chi connectivity index (χ3n) is 4.35. The minimum atomic E-state index is -0.155. The molecule has 2 heterocycles. The highest BCUT2D eigenvalue weighted by atomic mass is 32.2. The Balaban J connectivity index is 2.03. The molecule has 1 aliphatic heterocycles. The van der Waals surface area contributed by atoms with Crippen LogP contribution >= 0.6 is 11.8 Å². The molecule has 2 amide bonds. The van der Waals surface area contributed by atoms with Crippen LogP contribution in [-0.4, -0.2) is 40.6 Å². The number of aromatic nitrogens is 2. The summed E-state index contributed by atoms with van der Waals surface area (Å²) in [4.78, 5) is 33.1. The first-order valence-electron chi connectivity index (χ1n) is 8.88. The molecule has 4 bridgehead atoms. The van der Waals surface area contributed by atoms with E-state index in [4.69, 9.17) is 5.73 Å². The van der Waals surface area contributed by atoms with E-state index in [0.717, 1.165) is 21.7 Å². The van der Waals surface area contributed by atoms with Gasteiger partial charge in [-0.2, -0.15) is 0 Å². The number of anilines is 1. The molecule has 0 fully saturated rings. The third kappa shape index (κ3) is 4.77. The Bertz CT molecular complexity index is 885. The van der Waals surface area contributed by atoms with Crippen LogP contribution in [0, 0.1) is 13.8 Å². The molecule has 0 radical (unpaired) electrons. The minimum Gasteiger partial charge on any atom is -0.368 e. The van der Waals surface area contributed by atoms with Gasteiger partial charge in [0.2, 0.25) is 11.9 Å². The van der Waals surface area contributed by atoms with Crippen LogP contribution in [0.25, 0.3) is 11.3 Å². The highest BCUT2D eigenvalue weighted by Gasteiger charge is 2.15. The predicted octanol–water partition coefficient (Wildman–Crippen LogP) is 2.07. The SMILES string of the molecule is Cc1cc(C)c2cc1C(=O)NCCCC(=O)NCCSc1cc-2nc(N)n1. The van der Waals surface area contributed by atoms with E-state index < -0.39 is 0 Å². The molecule has 3 rings (SSSR count). The number of rotatable bonds is 0. The van der Waals surface area contributed by atoms with E-state index in [1.165, 1.54) is 11.8 Å². The van der Waals surface area contributed by atoms with Crippen LogP contribution in [0.5, 0.6) is 0 Å².